The maximum absolute atomic E-state index is 11.9. The van der Waals surface area contributed by atoms with E-state index in [1.165, 1.54) is 0 Å². The van der Waals surface area contributed by atoms with Crippen molar-refractivity contribution in [3.05, 3.63) is 29.8 Å². The summed E-state index contributed by atoms with van der Waals surface area (Å²) >= 11 is 0. The normalized spacial score (nSPS) is 22.7. The predicted octanol–water partition coefficient (Wildman–Crippen LogP) is 2.37. The lowest BCUT2D eigenvalue weighted by Crippen LogP contribution is -2.52. The predicted molar refractivity (Wildman–Crippen MR) is 86.1 cm³/mol. The molecule has 0 aromatic heterocycles. The molecule has 0 spiro atoms. The Labute approximate surface area is 132 Å². The zero-order chi connectivity index (χ0) is 15.9. The number of carbonyl (C=O) groups is 1. The van der Waals surface area contributed by atoms with Gasteiger partial charge in [-0.05, 0) is 50.8 Å². The van der Waals surface area contributed by atoms with Gasteiger partial charge in [0, 0.05) is 0 Å². The van der Waals surface area contributed by atoms with Crippen molar-refractivity contribution in [2.75, 3.05) is 6.61 Å². The molecule has 5 nitrogen and oxygen atoms in total. The Hall–Kier alpha value is -1.75. The second kappa shape index (κ2) is 8.03. The minimum Gasteiger partial charge on any atom is -0.488 e. The van der Waals surface area contributed by atoms with E-state index in [1.54, 1.807) is 6.92 Å². The molecule has 0 radical (unpaired) electrons. The standard InChI is InChI=1S/C17H26N2O3/c1-12-6-5-7-14(10-12)22-16-9-4-3-8-15(16)19-17(21)18-13(2)11-20/h5-7,10,13,15-16,20H,3-4,8-9,11H2,1-2H3,(H2,18,19,21)/t13-,15?,16?/m0/s1. The van der Waals surface area contributed by atoms with Gasteiger partial charge in [-0.25, -0.2) is 4.79 Å². The van der Waals surface area contributed by atoms with E-state index in [2.05, 4.69) is 10.6 Å². The third kappa shape index (κ3) is 4.91. The van der Waals surface area contributed by atoms with Gasteiger partial charge in [0.25, 0.3) is 0 Å². The smallest absolute Gasteiger partial charge is 0.315 e. The molecule has 1 aliphatic carbocycles. The van der Waals surface area contributed by atoms with Crippen molar-refractivity contribution in [1.29, 1.82) is 0 Å². The van der Waals surface area contributed by atoms with Gasteiger partial charge >= 0.3 is 6.03 Å². The van der Waals surface area contributed by atoms with Gasteiger partial charge in [0.05, 0.1) is 18.7 Å². The highest BCUT2D eigenvalue weighted by Gasteiger charge is 2.28. The van der Waals surface area contributed by atoms with Gasteiger partial charge in [-0.2, -0.15) is 0 Å². The minimum atomic E-state index is -0.250. The second-order valence-electron chi connectivity index (χ2n) is 6.07. The van der Waals surface area contributed by atoms with E-state index >= 15 is 0 Å². The lowest BCUT2D eigenvalue weighted by molar-refractivity contribution is 0.115. The van der Waals surface area contributed by atoms with E-state index in [0.29, 0.717) is 0 Å². The van der Waals surface area contributed by atoms with Crippen molar-refractivity contribution in [1.82, 2.24) is 10.6 Å². The largest absolute Gasteiger partial charge is 0.488 e. The third-order valence-electron chi connectivity index (χ3n) is 3.95. The van der Waals surface area contributed by atoms with E-state index in [4.69, 9.17) is 9.84 Å². The van der Waals surface area contributed by atoms with Crippen LogP contribution in [0.15, 0.2) is 24.3 Å². The number of aryl methyl sites for hydroxylation is 1. The molecule has 2 rings (SSSR count). The number of carbonyl (C=O) groups excluding carboxylic acids is 1. The Balaban J connectivity index is 1.94. The van der Waals surface area contributed by atoms with Gasteiger partial charge in [0.1, 0.15) is 11.9 Å². The third-order valence-corrected chi connectivity index (χ3v) is 3.95. The van der Waals surface area contributed by atoms with Gasteiger partial charge in [-0.3, -0.25) is 0 Å². The van der Waals surface area contributed by atoms with Crippen LogP contribution >= 0.6 is 0 Å². The average molecular weight is 306 g/mol. The van der Waals surface area contributed by atoms with Crippen molar-refractivity contribution in [2.24, 2.45) is 0 Å². The zero-order valence-electron chi connectivity index (χ0n) is 13.3. The number of aliphatic hydroxyl groups excluding tert-OH is 1. The van der Waals surface area contributed by atoms with Crippen LogP contribution in [-0.4, -0.2) is 35.9 Å². The Kier molecular flexibility index (Phi) is 6.07. The average Bonchev–Trinajstić information content (AvgIpc) is 2.49. The number of hydrogen-bond donors (Lipinski definition) is 3. The summed E-state index contributed by atoms with van der Waals surface area (Å²) < 4.78 is 6.09. The molecule has 3 N–H and O–H groups in total. The highest BCUT2D eigenvalue weighted by molar-refractivity contribution is 5.74. The van der Waals surface area contributed by atoms with Crippen LogP contribution in [-0.2, 0) is 0 Å². The number of urea groups is 1. The Morgan fingerprint density at radius 1 is 1.41 bits per heavy atom. The van der Waals surface area contributed by atoms with Crippen molar-refractivity contribution < 1.29 is 14.6 Å². The molecule has 22 heavy (non-hydrogen) atoms. The number of hydrogen-bond acceptors (Lipinski definition) is 3. The number of aliphatic hydroxyl groups is 1. The van der Waals surface area contributed by atoms with Crippen LogP contribution in [0, 0.1) is 6.92 Å². The van der Waals surface area contributed by atoms with E-state index in [1.807, 2.05) is 31.2 Å². The molecular formula is C17H26N2O3. The van der Waals surface area contributed by atoms with Crippen LogP contribution in [0.1, 0.15) is 38.2 Å². The number of ether oxygens (including phenoxy) is 1. The first kappa shape index (κ1) is 16.6. The fourth-order valence-electron chi connectivity index (χ4n) is 2.75. The van der Waals surface area contributed by atoms with E-state index in [0.717, 1.165) is 37.0 Å². The van der Waals surface area contributed by atoms with Crippen LogP contribution in [0.3, 0.4) is 0 Å². The summed E-state index contributed by atoms with van der Waals surface area (Å²) in [5.74, 6) is 0.850. The molecule has 0 saturated heterocycles. The van der Waals surface area contributed by atoms with Crippen molar-refractivity contribution in [3.8, 4) is 5.75 Å². The fourth-order valence-corrected chi connectivity index (χ4v) is 2.75. The van der Waals surface area contributed by atoms with Crippen LogP contribution < -0.4 is 15.4 Å². The molecule has 2 unspecified atom stereocenters. The van der Waals surface area contributed by atoms with Gasteiger partial charge in [0.2, 0.25) is 0 Å². The molecule has 3 atom stereocenters. The highest BCUT2D eigenvalue weighted by atomic mass is 16.5. The van der Waals surface area contributed by atoms with Crippen molar-refractivity contribution >= 4 is 6.03 Å². The summed E-state index contributed by atoms with van der Waals surface area (Å²) in [6.45, 7) is 3.73. The summed E-state index contributed by atoms with van der Waals surface area (Å²) in [6, 6.07) is 7.48. The topological polar surface area (TPSA) is 70.6 Å². The van der Waals surface area contributed by atoms with Gasteiger partial charge in [-0.15, -0.1) is 0 Å². The number of rotatable bonds is 5. The molecule has 5 heteroatoms. The molecule has 0 aliphatic heterocycles. The maximum Gasteiger partial charge on any atom is 0.315 e. The summed E-state index contributed by atoms with van der Waals surface area (Å²) in [5, 5.41) is 14.7. The van der Waals surface area contributed by atoms with Crippen LogP contribution in [0.25, 0.3) is 0 Å². The molecule has 0 heterocycles. The molecule has 1 fully saturated rings. The maximum atomic E-state index is 11.9. The van der Waals surface area contributed by atoms with E-state index in [-0.39, 0.29) is 30.8 Å². The van der Waals surface area contributed by atoms with E-state index in [9.17, 15) is 4.79 Å². The van der Waals surface area contributed by atoms with Gasteiger partial charge in [-0.1, -0.05) is 18.6 Å². The summed E-state index contributed by atoms with van der Waals surface area (Å²) in [6.07, 6.45) is 4.05. The van der Waals surface area contributed by atoms with Crippen LogP contribution in [0.2, 0.25) is 0 Å². The SMILES string of the molecule is Cc1cccc(OC2CCCCC2NC(=O)N[C@@H](C)CO)c1. The molecule has 122 valence electrons. The first-order valence-corrected chi connectivity index (χ1v) is 7.99. The highest BCUT2D eigenvalue weighted by Crippen LogP contribution is 2.24. The first-order valence-electron chi connectivity index (χ1n) is 7.99. The van der Waals surface area contributed by atoms with Gasteiger partial charge < -0.3 is 20.5 Å². The minimum absolute atomic E-state index is 0.000144. The Morgan fingerprint density at radius 2 is 2.18 bits per heavy atom. The summed E-state index contributed by atoms with van der Waals surface area (Å²) in [5.41, 5.74) is 1.16. The van der Waals surface area contributed by atoms with Crippen LogP contribution in [0.5, 0.6) is 5.75 Å². The fraction of sp³-hybridized carbons (Fsp3) is 0.588. The molecule has 0 bridgehead atoms. The lowest BCUT2D eigenvalue weighted by atomic mass is 9.92. The van der Waals surface area contributed by atoms with Crippen molar-refractivity contribution in [3.63, 3.8) is 0 Å². The molecule has 1 aromatic rings. The number of nitrogens with one attached hydrogen (secondary N) is 2. The molecule has 1 aliphatic rings. The monoisotopic (exact) mass is 306 g/mol. The summed E-state index contributed by atoms with van der Waals surface area (Å²) in [4.78, 5) is 11.9. The Bertz CT molecular complexity index is 493. The second-order valence-corrected chi connectivity index (χ2v) is 6.07. The Morgan fingerprint density at radius 3 is 2.91 bits per heavy atom. The molecule has 2 amide bonds. The lowest BCUT2D eigenvalue weighted by Gasteiger charge is -2.32. The number of benzene rings is 1. The summed E-state index contributed by atoms with van der Waals surface area (Å²) in [7, 11) is 0. The first-order chi connectivity index (χ1) is 10.6. The zero-order valence-corrected chi connectivity index (χ0v) is 13.3. The van der Waals surface area contributed by atoms with E-state index < -0.39 is 0 Å². The molecule has 1 saturated carbocycles. The molecular weight excluding hydrogens is 280 g/mol. The number of amides is 2. The quantitative estimate of drug-likeness (QED) is 0.782. The van der Waals surface area contributed by atoms with Crippen LogP contribution in [0.4, 0.5) is 4.79 Å². The molecule has 1 aromatic carbocycles. The van der Waals surface area contributed by atoms with Gasteiger partial charge in [0.15, 0.2) is 0 Å². The van der Waals surface area contributed by atoms with Crippen molar-refractivity contribution in [2.45, 2.75) is 57.7 Å².